The number of benzene rings is 2. The Morgan fingerprint density at radius 1 is 1.14 bits per heavy atom. The highest BCUT2D eigenvalue weighted by Crippen LogP contribution is 2.47. The number of aliphatic hydroxyl groups excluding tert-OH is 1. The number of fused-ring (bicyclic) bond motifs is 2. The fourth-order valence-corrected chi connectivity index (χ4v) is 4.70. The van der Waals surface area contributed by atoms with Gasteiger partial charge in [-0.25, -0.2) is 0 Å². The van der Waals surface area contributed by atoms with Crippen molar-refractivity contribution in [3.8, 4) is 5.75 Å². The fraction of sp³-hybridized carbons (Fsp3) is 0.435. The Kier molecular flexibility index (Phi) is 5.13. The quantitative estimate of drug-likeness (QED) is 0.866. The topological polar surface area (TPSA) is 53.0 Å². The molecule has 2 aliphatic heterocycles. The lowest BCUT2D eigenvalue weighted by Gasteiger charge is -2.38. The molecule has 28 heavy (non-hydrogen) atoms. The molecule has 0 saturated carbocycles. The first-order valence-corrected chi connectivity index (χ1v) is 10.0. The van der Waals surface area contributed by atoms with Crippen molar-refractivity contribution in [2.75, 3.05) is 31.6 Å². The summed E-state index contributed by atoms with van der Waals surface area (Å²) < 4.78 is 5.58. The van der Waals surface area contributed by atoms with E-state index in [9.17, 15) is 9.90 Å². The Balaban J connectivity index is 1.47. The predicted molar refractivity (Wildman–Crippen MR) is 110 cm³/mol. The van der Waals surface area contributed by atoms with Gasteiger partial charge in [-0.3, -0.25) is 9.69 Å². The van der Waals surface area contributed by atoms with Gasteiger partial charge in [0.2, 0.25) is 5.91 Å². The van der Waals surface area contributed by atoms with E-state index in [4.69, 9.17) is 4.74 Å². The minimum Gasteiger partial charge on any atom is -0.494 e. The molecule has 0 bridgehead atoms. The van der Waals surface area contributed by atoms with Crippen LogP contribution in [-0.2, 0) is 23.4 Å². The second-order valence-corrected chi connectivity index (χ2v) is 7.77. The summed E-state index contributed by atoms with van der Waals surface area (Å²) in [6, 6.07) is 14.2. The highest BCUT2D eigenvalue weighted by atomic mass is 16.5. The molecule has 0 radical (unpaired) electrons. The van der Waals surface area contributed by atoms with Gasteiger partial charge in [0.05, 0.1) is 18.6 Å². The molecule has 1 fully saturated rings. The zero-order chi connectivity index (χ0) is 19.7. The molecule has 1 spiro atoms. The molecule has 2 heterocycles. The third-order valence-corrected chi connectivity index (χ3v) is 6.21. The number of nitrogens with zero attached hydrogens (tertiary/aromatic N) is 2. The van der Waals surface area contributed by atoms with E-state index >= 15 is 0 Å². The van der Waals surface area contributed by atoms with Crippen LogP contribution in [0.15, 0.2) is 42.5 Å². The van der Waals surface area contributed by atoms with Gasteiger partial charge in [0.25, 0.3) is 0 Å². The van der Waals surface area contributed by atoms with E-state index in [1.165, 1.54) is 11.1 Å². The molecular weight excluding hydrogens is 352 g/mol. The van der Waals surface area contributed by atoms with Gasteiger partial charge in [-0.1, -0.05) is 24.3 Å². The van der Waals surface area contributed by atoms with Gasteiger partial charge < -0.3 is 14.7 Å². The molecule has 1 N–H and O–H groups in total. The Labute approximate surface area is 166 Å². The Hall–Kier alpha value is -2.37. The van der Waals surface area contributed by atoms with Crippen LogP contribution in [0.3, 0.4) is 0 Å². The van der Waals surface area contributed by atoms with Gasteiger partial charge >= 0.3 is 0 Å². The predicted octanol–water partition coefficient (Wildman–Crippen LogP) is 3.09. The van der Waals surface area contributed by atoms with E-state index in [1.807, 2.05) is 49.2 Å². The second kappa shape index (κ2) is 7.57. The minimum absolute atomic E-state index is 0.0239. The highest BCUT2D eigenvalue weighted by Gasteiger charge is 2.50. The number of likely N-dealkylation sites (tertiary alicyclic amines) is 1. The zero-order valence-electron chi connectivity index (χ0n) is 16.6. The number of anilines is 1. The summed E-state index contributed by atoms with van der Waals surface area (Å²) >= 11 is 0. The lowest BCUT2D eigenvalue weighted by molar-refractivity contribution is -0.124. The van der Waals surface area contributed by atoms with Crippen molar-refractivity contribution >= 4 is 11.6 Å². The Bertz CT molecular complexity index is 872. The van der Waals surface area contributed by atoms with E-state index in [2.05, 4.69) is 17.0 Å². The van der Waals surface area contributed by atoms with Gasteiger partial charge in [0, 0.05) is 24.8 Å². The number of hydrogen-bond donors (Lipinski definition) is 1. The lowest BCUT2D eigenvalue weighted by atomic mass is 9.73. The third-order valence-electron chi connectivity index (χ3n) is 6.21. The van der Waals surface area contributed by atoms with E-state index in [1.54, 1.807) is 0 Å². The van der Waals surface area contributed by atoms with Crippen molar-refractivity contribution in [3.63, 3.8) is 0 Å². The molecule has 5 heteroatoms. The standard InChI is InChI=1S/C23H28N2O3/c1-3-28-21-9-8-17(14-18(21)16-26)15-25-12-10-23(11-13-25)19-6-4-5-7-20(19)24(2)22(23)27/h4-9,14,26H,3,10-13,15-16H2,1-2H3. The van der Waals surface area contributed by atoms with E-state index in [0.717, 1.165) is 49.5 Å². The molecule has 1 amide bonds. The van der Waals surface area contributed by atoms with Crippen LogP contribution in [0.5, 0.6) is 5.75 Å². The summed E-state index contributed by atoms with van der Waals surface area (Å²) in [5.41, 5.74) is 3.87. The molecule has 2 aromatic carbocycles. The Morgan fingerprint density at radius 2 is 1.89 bits per heavy atom. The summed E-state index contributed by atoms with van der Waals surface area (Å²) in [6.07, 6.45) is 1.69. The monoisotopic (exact) mass is 380 g/mol. The first kappa shape index (κ1) is 19.0. The number of hydrogen-bond acceptors (Lipinski definition) is 4. The molecule has 0 atom stereocenters. The number of amides is 1. The number of carbonyl (C=O) groups excluding carboxylic acids is 1. The van der Waals surface area contributed by atoms with Gasteiger partial charge in [-0.15, -0.1) is 0 Å². The number of rotatable bonds is 5. The first-order chi connectivity index (χ1) is 13.6. The van der Waals surface area contributed by atoms with E-state index < -0.39 is 0 Å². The summed E-state index contributed by atoms with van der Waals surface area (Å²) in [7, 11) is 1.89. The van der Waals surface area contributed by atoms with Crippen molar-refractivity contribution in [1.82, 2.24) is 4.90 Å². The summed E-state index contributed by atoms with van der Waals surface area (Å²) in [5.74, 6) is 0.986. The third kappa shape index (κ3) is 3.09. The Morgan fingerprint density at radius 3 is 2.61 bits per heavy atom. The van der Waals surface area contributed by atoms with Crippen molar-refractivity contribution < 1.29 is 14.6 Å². The SMILES string of the molecule is CCOc1ccc(CN2CCC3(CC2)C(=O)N(C)c2ccccc23)cc1CO. The van der Waals surface area contributed by atoms with Gasteiger partial charge in [0.1, 0.15) is 5.75 Å². The average Bonchev–Trinajstić information content (AvgIpc) is 2.93. The molecule has 4 rings (SSSR count). The van der Waals surface area contributed by atoms with Crippen LogP contribution in [0.4, 0.5) is 5.69 Å². The normalized spacial score (nSPS) is 18.5. The lowest BCUT2D eigenvalue weighted by Crippen LogP contribution is -2.47. The molecule has 5 nitrogen and oxygen atoms in total. The van der Waals surface area contributed by atoms with E-state index in [-0.39, 0.29) is 17.9 Å². The number of piperidine rings is 1. The summed E-state index contributed by atoms with van der Waals surface area (Å²) in [5, 5.41) is 9.63. The summed E-state index contributed by atoms with van der Waals surface area (Å²) in [6.45, 7) is 5.10. The van der Waals surface area contributed by atoms with Gasteiger partial charge in [0.15, 0.2) is 0 Å². The molecule has 0 aliphatic carbocycles. The van der Waals surface area contributed by atoms with Crippen molar-refractivity contribution in [3.05, 3.63) is 59.2 Å². The molecule has 148 valence electrons. The maximum absolute atomic E-state index is 13.1. The van der Waals surface area contributed by atoms with Crippen LogP contribution < -0.4 is 9.64 Å². The zero-order valence-corrected chi connectivity index (χ0v) is 16.6. The van der Waals surface area contributed by atoms with Crippen LogP contribution in [0.2, 0.25) is 0 Å². The van der Waals surface area contributed by atoms with Crippen molar-refractivity contribution in [2.24, 2.45) is 0 Å². The number of likely N-dealkylation sites (N-methyl/N-ethyl adjacent to an activating group) is 1. The smallest absolute Gasteiger partial charge is 0.237 e. The largest absolute Gasteiger partial charge is 0.494 e. The maximum atomic E-state index is 13.1. The average molecular weight is 380 g/mol. The first-order valence-electron chi connectivity index (χ1n) is 10.0. The molecule has 0 aromatic heterocycles. The van der Waals surface area contributed by atoms with Crippen LogP contribution in [0, 0.1) is 0 Å². The van der Waals surface area contributed by atoms with Gasteiger partial charge in [-0.05, 0) is 62.2 Å². The molecule has 1 saturated heterocycles. The fourth-order valence-electron chi connectivity index (χ4n) is 4.70. The molecule has 2 aromatic rings. The molecule has 0 unspecified atom stereocenters. The van der Waals surface area contributed by atoms with Crippen LogP contribution in [0.1, 0.15) is 36.5 Å². The van der Waals surface area contributed by atoms with Crippen LogP contribution in [-0.4, -0.2) is 42.7 Å². The molecule has 2 aliphatic rings. The van der Waals surface area contributed by atoms with Crippen LogP contribution >= 0.6 is 0 Å². The number of para-hydroxylation sites is 1. The van der Waals surface area contributed by atoms with Gasteiger partial charge in [-0.2, -0.15) is 0 Å². The number of aliphatic hydroxyl groups is 1. The number of ether oxygens (including phenoxy) is 1. The van der Waals surface area contributed by atoms with Crippen molar-refractivity contribution in [1.29, 1.82) is 0 Å². The number of carbonyl (C=O) groups is 1. The second-order valence-electron chi connectivity index (χ2n) is 7.77. The highest BCUT2D eigenvalue weighted by molar-refractivity contribution is 6.07. The molecular formula is C23H28N2O3. The van der Waals surface area contributed by atoms with Crippen molar-refractivity contribution in [2.45, 2.75) is 38.3 Å². The minimum atomic E-state index is -0.364. The summed E-state index contributed by atoms with van der Waals surface area (Å²) in [4.78, 5) is 17.3. The van der Waals surface area contributed by atoms with Crippen LogP contribution in [0.25, 0.3) is 0 Å². The van der Waals surface area contributed by atoms with E-state index in [0.29, 0.717) is 6.61 Å². The maximum Gasteiger partial charge on any atom is 0.237 e.